The molecule has 0 aromatic rings. The molecule has 46 heavy (non-hydrogen) atoms. The van der Waals surface area contributed by atoms with Gasteiger partial charge in [-0.2, -0.15) is 10.7 Å². The highest BCUT2D eigenvalue weighted by atomic mass is 16.6. The van der Waals surface area contributed by atoms with E-state index in [4.69, 9.17) is 9.47 Å². The molecule has 5 aliphatic rings. The minimum atomic E-state index is -1.38. The maximum absolute atomic E-state index is 14.2. The SMILES string of the molecule is CCOC1CCC(C2NNN([C@@H]3C[C@H]4C(=O)N[C@]5(C(=O)O)C[C@H]5/C=C\CCCCC[C@H](NC(=O)OC(C)(C)C)C(=O)N4C3)N2)CC1. The fourth-order valence-corrected chi connectivity index (χ4v) is 7.31. The lowest BCUT2D eigenvalue weighted by Crippen LogP contribution is -2.56. The highest BCUT2D eigenvalue weighted by Gasteiger charge is 2.61. The molecule has 3 heterocycles. The van der Waals surface area contributed by atoms with Crippen molar-refractivity contribution in [2.45, 2.75) is 140 Å². The van der Waals surface area contributed by atoms with E-state index in [-0.39, 0.29) is 37.0 Å². The molecular weight excluding hydrogens is 594 g/mol. The normalized spacial score (nSPS) is 36.9. The van der Waals surface area contributed by atoms with Crippen LogP contribution in [0.15, 0.2) is 12.2 Å². The van der Waals surface area contributed by atoms with Gasteiger partial charge in [-0.3, -0.25) is 9.59 Å². The van der Waals surface area contributed by atoms with Crippen molar-refractivity contribution in [3.63, 3.8) is 0 Å². The molecule has 4 fully saturated rings. The number of carboxylic acids is 1. The summed E-state index contributed by atoms with van der Waals surface area (Å²) >= 11 is 0. The maximum Gasteiger partial charge on any atom is 0.408 e. The Morgan fingerprint density at radius 2 is 1.87 bits per heavy atom. The molecule has 0 radical (unpaired) electrons. The zero-order chi connectivity index (χ0) is 33.1. The van der Waals surface area contributed by atoms with Crippen LogP contribution >= 0.6 is 0 Å². The predicted octanol–water partition coefficient (Wildman–Crippen LogP) is 2.08. The second-order valence-corrected chi connectivity index (χ2v) is 14.5. The number of nitrogens with zero attached hydrogens (tertiary/aromatic N) is 2. The summed E-state index contributed by atoms with van der Waals surface area (Å²) in [6, 6.07) is -2.11. The Bertz CT molecular complexity index is 1150. The van der Waals surface area contributed by atoms with Crippen LogP contribution in [0.4, 0.5) is 4.79 Å². The number of rotatable bonds is 6. The number of hydrazine groups is 3. The molecule has 6 N–H and O–H groups in total. The van der Waals surface area contributed by atoms with Crippen LogP contribution in [0.2, 0.25) is 0 Å². The lowest BCUT2D eigenvalue weighted by Gasteiger charge is -2.32. The van der Waals surface area contributed by atoms with Crippen LogP contribution in [0.3, 0.4) is 0 Å². The minimum absolute atomic E-state index is 0.0268. The number of carbonyl (C=O) groups is 4. The number of alkyl carbamates (subject to hydrolysis) is 1. The van der Waals surface area contributed by atoms with Gasteiger partial charge in [-0.05, 0) is 91.4 Å². The summed E-state index contributed by atoms with van der Waals surface area (Å²) in [5, 5.41) is 17.5. The minimum Gasteiger partial charge on any atom is -0.479 e. The van der Waals surface area contributed by atoms with Crippen LogP contribution in [0.25, 0.3) is 0 Å². The van der Waals surface area contributed by atoms with Gasteiger partial charge in [0.05, 0.1) is 18.3 Å². The van der Waals surface area contributed by atoms with E-state index in [9.17, 15) is 24.3 Å². The van der Waals surface area contributed by atoms with E-state index in [1.54, 1.807) is 20.8 Å². The molecule has 3 amide bonds. The van der Waals surface area contributed by atoms with Crippen molar-refractivity contribution < 1.29 is 33.8 Å². The predicted molar refractivity (Wildman–Crippen MR) is 168 cm³/mol. The van der Waals surface area contributed by atoms with Crippen molar-refractivity contribution in [2.75, 3.05) is 13.2 Å². The summed E-state index contributed by atoms with van der Waals surface area (Å²) in [5.74, 6) is -1.88. The van der Waals surface area contributed by atoms with Gasteiger partial charge >= 0.3 is 12.1 Å². The Morgan fingerprint density at radius 3 is 2.57 bits per heavy atom. The molecule has 14 nitrogen and oxygen atoms in total. The van der Waals surface area contributed by atoms with Gasteiger partial charge in [0.1, 0.15) is 23.2 Å². The molecule has 0 bridgehead atoms. The molecule has 2 aliphatic carbocycles. The average Bonchev–Trinajstić information content (AvgIpc) is 3.31. The first kappa shape index (κ1) is 34.6. The largest absolute Gasteiger partial charge is 0.479 e. The van der Waals surface area contributed by atoms with E-state index < -0.39 is 41.2 Å². The monoisotopic (exact) mass is 647 g/mol. The average molecular weight is 648 g/mol. The molecule has 0 spiro atoms. The molecular formula is C32H53N7O7. The van der Waals surface area contributed by atoms with Gasteiger partial charge in [0, 0.05) is 19.1 Å². The van der Waals surface area contributed by atoms with E-state index in [1.807, 2.05) is 24.2 Å². The maximum atomic E-state index is 14.2. The van der Waals surface area contributed by atoms with Gasteiger partial charge in [-0.1, -0.05) is 25.0 Å². The second-order valence-electron chi connectivity index (χ2n) is 14.5. The van der Waals surface area contributed by atoms with Crippen molar-refractivity contribution >= 4 is 23.9 Å². The number of hydrogen-bond acceptors (Lipinski definition) is 10. The van der Waals surface area contributed by atoms with Gasteiger partial charge in [0.25, 0.3) is 0 Å². The summed E-state index contributed by atoms with van der Waals surface area (Å²) in [4.78, 5) is 54.9. The first-order valence-electron chi connectivity index (χ1n) is 17.1. The topological polar surface area (TPSA) is 174 Å². The molecule has 0 aromatic carbocycles. The van der Waals surface area contributed by atoms with Crippen LogP contribution in [0.1, 0.15) is 98.3 Å². The van der Waals surface area contributed by atoms with Crippen LogP contribution in [0.5, 0.6) is 0 Å². The van der Waals surface area contributed by atoms with E-state index in [2.05, 4.69) is 27.0 Å². The number of aliphatic carboxylic acids is 1. The Morgan fingerprint density at radius 1 is 1.11 bits per heavy atom. The molecule has 0 aromatic heterocycles. The van der Waals surface area contributed by atoms with Gasteiger partial charge in [0.2, 0.25) is 11.8 Å². The number of hydrogen-bond donors (Lipinski definition) is 6. The highest BCUT2D eigenvalue weighted by Crippen LogP contribution is 2.45. The standard InChI is InChI=1S/C32H53N7O7/c1-5-45-23-15-13-20(14-16-23)26-35-37-39(36-26)22-17-25-27(40)34-32(29(42)43)18-21(32)11-9-7-6-8-10-12-24(28(41)38(25)19-22)33-30(44)46-31(2,3)4/h9,11,20-26,35-37H,5-8,10,12-19H2,1-4H3,(H,33,44)(H,34,40)(H,42,43)/b11-9-/t20?,21-,22-,23?,24+,25+,26?,32-/m1/s1. The van der Waals surface area contributed by atoms with Crippen molar-refractivity contribution in [2.24, 2.45) is 11.8 Å². The third-order valence-corrected chi connectivity index (χ3v) is 9.90. The van der Waals surface area contributed by atoms with Crippen molar-refractivity contribution in [1.29, 1.82) is 0 Å². The fourth-order valence-electron chi connectivity index (χ4n) is 7.31. The number of carboxylic acid groups (broad SMARTS) is 1. The smallest absolute Gasteiger partial charge is 0.408 e. The van der Waals surface area contributed by atoms with E-state index >= 15 is 0 Å². The number of ether oxygens (including phenoxy) is 2. The van der Waals surface area contributed by atoms with Gasteiger partial charge in [-0.15, -0.1) is 0 Å². The Kier molecular flexibility index (Phi) is 10.9. The summed E-state index contributed by atoms with van der Waals surface area (Å²) in [7, 11) is 0. The summed E-state index contributed by atoms with van der Waals surface area (Å²) in [6.07, 6.45) is 11.6. The molecule has 258 valence electrons. The third kappa shape index (κ3) is 8.19. The van der Waals surface area contributed by atoms with E-state index in [1.165, 1.54) is 4.90 Å². The van der Waals surface area contributed by atoms with Gasteiger partial charge < -0.3 is 30.1 Å². The summed E-state index contributed by atoms with van der Waals surface area (Å²) in [6.45, 7) is 8.22. The zero-order valence-electron chi connectivity index (χ0n) is 27.7. The van der Waals surface area contributed by atoms with Crippen LogP contribution < -0.4 is 27.0 Å². The molecule has 14 heteroatoms. The number of carbonyl (C=O) groups excluding carboxylic acids is 3. The van der Waals surface area contributed by atoms with Gasteiger partial charge in [-0.25, -0.2) is 20.4 Å². The second kappa shape index (κ2) is 14.5. The number of fused-ring (bicyclic) bond motifs is 2. The number of nitrogens with one attached hydrogen (secondary N) is 5. The van der Waals surface area contributed by atoms with E-state index in [0.717, 1.165) is 51.6 Å². The lowest BCUT2D eigenvalue weighted by atomic mass is 9.85. The summed E-state index contributed by atoms with van der Waals surface area (Å²) in [5.41, 5.74) is 7.93. The Balaban J connectivity index is 1.33. The van der Waals surface area contributed by atoms with Crippen molar-refractivity contribution in [1.82, 2.24) is 37.0 Å². The van der Waals surface area contributed by atoms with E-state index in [0.29, 0.717) is 31.3 Å². The molecule has 1 unspecified atom stereocenters. The van der Waals surface area contributed by atoms with Crippen LogP contribution in [0, 0.1) is 11.8 Å². The molecule has 2 saturated carbocycles. The zero-order valence-corrected chi connectivity index (χ0v) is 27.7. The lowest BCUT2D eigenvalue weighted by molar-refractivity contribution is -0.145. The molecule has 6 atom stereocenters. The van der Waals surface area contributed by atoms with Gasteiger partial charge in [0.15, 0.2) is 0 Å². The van der Waals surface area contributed by atoms with Crippen molar-refractivity contribution in [3.8, 4) is 0 Å². The number of allylic oxidation sites excluding steroid dienone is 1. The third-order valence-electron chi connectivity index (χ3n) is 9.90. The molecule has 3 aliphatic heterocycles. The van der Waals surface area contributed by atoms with Crippen molar-refractivity contribution in [3.05, 3.63) is 12.2 Å². The Hall–Kier alpha value is -2.78. The quantitative estimate of drug-likeness (QED) is 0.233. The van der Waals surface area contributed by atoms with Crippen LogP contribution in [-0.2, 0) is 23.9 Å². The Labute approximate surface area is 271 Å². The highest BCUT2D eigenvalue weighted by molar-refractivity contribution is 5.96. The molecule has 5 rings (SSSR count). The fraction of sp³-hybridized carbons (Fsp3) is 0.812. The van der Waals surface area contributed by atoms with Crippen LogP contribution in [-0.4, -0.2) is 93.7 Å². The molecule has 2 saturated heterocycles. The first-order valence-corrected chi connectivity index (χ1v) is 17.1. The number of amides is 3. The summed E-state index contributed by atoms with van der Waals surface area (Å²) < 4.78 is 11.3. The first-order chi connectivity index (χ1) is 21.9.